The fourth-order valence-electron chi connectivity index (χ4n) is 3.59. The van der Waals surface area contributed by atoms with Gasteiger partial charge in [-0.05, 0) is 31.9 Å². The van der Waals surface area contributed by atoms with Crippen LogP contribution in [0.2, 0.25) is 0 Å². The van der Waals surface area contributed by atoms with Crippen molar-refractivity contribution in [3.63, 3.8) is 0 Å². The first kappa shape index (κ1) is 18.3. The van der Waals surface area contributed by atoms with Gasteiger partial charge < -0.3 is 30.3 Å². The minimum absolute atomic E-state index is 0.0131. The molecular formula is C18H26N4O4. The molecule has 3 rings (SSSR count). The standard InChI is InChI=1S/C18H26N4O4/c1-11(25-2)15(21-18(24)26-3)17(23)22-10-6-9-14(22)16-19-12-7-4-5-8-13(12)20-16/h4-5,7-8,11,14-16,19-20H,6,9-10H2,1-3H3,(H,21,24)/t11-,14+,15+/m1/s1. The zero-order valence-electron chi connectivity index (χ0n) is 15.3. The highest BCUT2D eigenvalue weighted by molar-refractivity contribution is 5.87. The number of likely N-dealkylation sites (tertiary alicyclic amines) is 1. The van der Waals surface area contributed by atoms with Crippen molar-refractivity contribution in [2.24, 2.45) is 0 Å². The summed E-state index contributed by atoms with van der Waals surface area (Å²) in [5.41, 5.74) is 2.07. The van der Waals surface area contributed by atoms with E-state index in [1.165, 1.54) is 14.2 Å². The highest BCUT2D eigenvalue weighted by Gasteiger charge is 2.41. The second-order valence-corrected chi connectivity index (χ2v) is 6.61. The van der Waals surface area contributed by atoms with E-state index >= 15 is 0 Å². The average Bonchev–Trinajstić information content (AvgIpc) is 3.30. The summed E-state index contributed by atoms with van der Waals surface area (Å²) in [4.78, 5) is 26.6. The molecule has 3 N–H and O–H groups in total. The molecule has 2 aliphatic heterocycles. The van der Waals surface area contributed by atoms with Crippen LogP contribution in [0.3, 0.4) is 0 Å². The molecule has 2 amide bonds. The molecule has 0 spiro atoms. The van der Waals surface area contributed by atoms with E-state index in [9.17, 15) is 9.59 Å². The molecule has 0 unspecified atom stereocenters. The number of anilines is 2. The minimum atomic E-state index is -0.795. The number of nitrogens with one attached hydrogen (secondary N) is 3. The van der Waals surface area contributed by atoms with E-state index in [2.05, 4.69) is 20.7 Å². The number of nitrogens with zero attached hydrogens (tertiary/aromatic N) is 1. The predicted molar refractivity (Wildman–Crippen MR) is 98.0 cm³/mol. The number of amides is 2. The van der Waals surface area contributed by atoms with Crippen molar-refractivity contribution in [2.45, 2.75) is 44.1 Å². The lowest BCUT2D eigenvalue weighted by Gasteiger charge is -2.34. The van der Waals surface area contributed by atoms with Crippen LogP contribution in [0.1, 0.15) is 19.8 Å². The van der Waals surface area contributed by atoms with Crippen molar-refractivity contribution in [3.8, 4) is 0 Å². The second-order valence-electron chi connectivity index (χ2n) is 6.61. The molecule has 0 aliphatic carbocycles. The van der Waals surface area contributed by atoms with Gasteiger partial charge in [0, 0.05) is 13.7 Å². The monoisotopic (exact) mass is 362 g/mol. The van der Waals surface area contributed by atoms with Crippen molar-refractivity contribution in [1.29, 1.82) is 0 Å². The minimum Gasteiger partial charge on any atom is -0.453 e. The van der Waals surface area contributed by atoms with Crippen LogP contribution < -0.4 is 16.0 Å². The summed E-state index contributed by atoms with van der Waals surface area (Å²) in [7, 11) is 2.79. The van der Waals surface area contributed by atoms with Crippen molar-refractivity contribution in [1.82, 2.24) is 10.2 Å². The summed E-state index contributed by atoms with van der Waals surface area (Å²) in [6.07, 6.45) is 0.628. The maximum Gasteiger partial charge on any atom is 0.407 e. The van der Waals surface area contributed by atoms with E-state index in [4.69, 9.17) is 4.74 Å². The number of alkyl carbamates (subject to hydrolysis) is 1. The van der Waals surface area contributed by atoms with Gasteiger partial charge in [0.1, 0.15) is 12.2 Å². The topological polar surface area (TPSA) is 91.9 Å². The molecule has 0 aromatic heterocycles. The van der Waals surface area contributed by atoms with Crippen LogP contribution in [0.4, 0.5) is 16.2 Å². The number of fused-ring (bicyclic) bond motifs is 1. The zero-order valence-corrected chi connectivity index (χ0v) is 15.3. The van der Waals surface area contributed by atoms with Crippen molar-refractivity contribution in [3.05, 3.63) is 24.3 Å². The Morgan fingerprint density at radius 1 is 1.23 bits per heavy atom. The van der Waals surface area contributed by atoms with Crippen molar-refractivity contribution >= 4 is 23.4 Å². The normalized spacial score (nSPS) is 21.3. The summed E-state index contributed by atoms with van der Waals surface area (Å²) in [5.74, 6) is -0.160. The van der Waals surface area contributed by atoms with E-state index < -0.39 is 18.2 Å². The summed E-state index contributed by atoms with van der Waals surface area (Å²) in [6, 6.07) is 7.17. The van der Waals surface area contributed by atoms with Crippen molar-refractivity contribution in [2.75, 3.05) is 31.4 Å². The largest absolute Gasteiger partial charge is 0.453 e. The second kappa shape index (κ2) is 7.82. The lowest BCUT2D eigenvalue weighted by Crippen LogP contribution is -2.57. The molecule has 1 aromatic rings. The fraction of sp³-hybridized carbons (Fsp3) is 0.556. The van der Waals surface area contributed by atoms with Crippen LogP contribution >= 0.6 is 0 Å². The van der Waals surface area contributed by atoms with Gasteiger partial charge in [-0.15, -0.1) is 0 Å². The molecule has 2 aliphatic rings. The Morgan fingerprint density at radius 3 is 2.46 bits per heavy atom. The number of methoxy groups -OCH3 is 2. The highest BCUT2D eigenvalue weighted by Crippen LogP contribution is 2.33. The average molecular weight is 362 g/mol. The van der Waals surface area contributed by atoms with Gasteiger partial charge in [0.2, 0.25) is 5.91 Å². The Hall–Kier alpha value is -2.48. The number of benzene rings is 1. The molecule has 1 fully saturated rings. The smallest absolute Gasteiger partial charge is 0.407 e. The quantitative estimate of drug-likeness (QED) is 0.737. The molecule has 8 nitrogen and oxygen atoms in total. The number of carbonyl (C=O) groups is 2. The Bertz CT molecular complexity index is 643. The third kappa shape index (κ3) is 3.55. The van der Waals surface area contributed by atoms with E-state index in [-0.39, 0.29) is 18.1 Å². The van der Waals surface area contributed by atoms with Gasteiger partial charge in [0.05, 0.1) is 30.6 Å². The third-order valence-electron chi connectivity index (χ3n) is 5.08. The van der Waals surface area contributed by atoms with E-state index in [0.29, 0.717) is 6.54 Å². The van der Waals surface area contributed by atoms with E-state index in [1.54, 1.807) is 6.92 Å². The number of carbonyl (C=O) groups excluding carboxylic acids is 2. The molecule has 0 saturated carbocycles. The fourth-order valence-corrected chi connectivity index (χ4v) is 3.59. The number of para-hydroxylation sites is 2. The van der Waals surface area contributed by atoms with Crippen LogP contribution in [-0.4, -0.2) is 62.0 Å². The number of hydrogen-bond acceptors (Lipinski definition) is 6. The van der Waals surface area contributed by atoms with Gasteiger partial charge in [0.15, 0.2) is 0 Å². The van der Waals surface area contributed by atoms with Gasteiger partial charge in [-0.2, -0.15) is 0 Å². The first-order valence-electron chi connectivity index (χ1n) is 8.85. The Kier molecular flexibility index (Phi) is 5.51. The molecule has 26 heavy (non-hydrogen) atoms. The molecule has 1 aromatic carbocycles. The Morgan fingerprint density at radius 2 is 1.88 bits per heavy atom. The Labute approximate surface area is 153 Å². The summed E-state index contributed by atoms with van der Waals surface area (Å²) < 4.78 is 9.96. The van der Waals surface area contributed by atoms with E-state index in [0.717, 1.165) is 24.2 Å². The van der Waals surface area contributed by atoms with Crippen LogP contribution in [0.15, 0.2) is 24.3 Å². The summed E-state index contributed by atoms with van der Waals surface area (Å²) in [6.45, 7) is 2.40. The number of rotatable bonds is 5. The first-order chi connectivity index (χ1) is 12.5. The number of ether oxygens (including phenoxy) is 2. The lowest BCUT2D eigenvalue weighted by molar-refractivity contribution is -0.137. The molecule has 3 atom stereocenters. The van der Waals surface area contributed by atoms with Crippen molar-refractivity contribution < 1.29 is 19.1 Å². The molecular weight excluding hydrogens is 336 g/mol. The maximum atomic E-state index is 13.2. The Balaban J connectivity index is 1.74. The third-order valence-corrected chi connectivity index (χ3v) is 5.08. The first-order valence-corrected chi connectivity index (χ1v) is 8.85. The molecule has 2 heterocycles. The van der Waals surface area contributed by atoms with Gasteiger partial charge >= 0.3 is 6.09 Å². The van der Waals surface area contributed by atoms with Crippen LogP contribution in [0, 0.1) is 0 Å². The van der Waals surface area contributed by atoms with Crippen LogP contribution in [0.5, 0.6) is 0 Å². The van der Waals surface area contributed by atoms with Gasteiger partial charge in [0.25, 0.3) is 0 Å². The predicted octanol–water partition coefficient (Wildman–Crippen LogP) is 1.60. The van der Waals surface area contributed by atoms with Crippen LogP contribution in [0.25, 0.3) is 0 Å². The maximum absolute atomic E-state index is 13.2. The number of hydrogen-bond donors (Lipinski definition) is 3. The van der Waals surface area contributed by atoms with Crippen LogP contribution in [-0.2, 0) is 14.3 Å². The molecule has 8 heteroatoms. The lowest BCUT2D eigenvalue weighted by atomic mass is 10.1. The highest BCUT2D eigenvalue weighted by atomic mass is 16.5. The van der Waals surface area contributed by atoms with Gasteiger partial charge in [-0.1, -0.05) is 12.1 Å². The summed E-state index contributed by atoms with van der Waals surface area (Å²) >= 11 is 0. The molecule has 142 valence electrons. The zero-order chi connectivity index (χ0) is 18.7. The van der Waals surface area contributed by atoms with Gasteiger partial charge in [-0.3, -0.25) is 4.79 Å². The molecule has 0 bridgehead atoms. The van der Waals surface area contributed by atoms with E-state index in [1.807, 2.05) is 29.2 Å². The van der Waals surface area contributed by atoms with Gasteiger partial charge in [-0.25, -0.2) is 4.79 Å². The summed E-state index contributed by atoms with van der Waals surface area (Å²) in [5, 5.41) is 9.50. The molecule has 1 saturated heterocycles. The SMILES string of the molecule is COC(=O)N[C@H](C(=O)N1CCC[C@H]1C1Nc2ccccc2N1)[C@@H](C)OC. The molecule has 0 radical (unpaired) electrons.